The monoisotopic (exact) mass is 384 g/mol. The SMILES string of the molecule is CCCCc1ccc2c(c1)C(C)(C)c1cc(CCCC)cc(Br)c1-2. The van der Waals surface area contributed by atoms with Gasteiger partial charge in [-0.25, -0.2) is 0 Å². The van der Waals surface area contributed by atoms with Gasteiger partial charge in [0.1, 0.15) is 0 Å². The van der Waals surface area contributed by atoms with Crippen molar-refractivity contribution < 1.29 is 0 Å². The lowest BCUT2D eigenvalue weighted by Gasteiger charge is -2.23. The van der Waals surface area contributed by atoms with Crippen LogP contribution >= 0.6 is 15.9 Å². The Kier molecular flexibility index (Phi) is 5.20. The van der Waals surface area contributed by atoms with Crippen LogP contribution in [0.2, 0.25) is 0 Å². The zero-order chi connectivity index (χ0) is 17.3. The third kappa shape index (κ3) is 3.08. The van der Waals surface area contributed by atoms with E-state index < -0.39 is 0 Å². The Morgan fingerprint density at radius 1 is 0.833 bits per heavy atom. The molecule has 1 aliphatic rings. The molecular weight excluding hydrogens is 356 g/mol. The summed E-state index contributed by atoms with van der Waals surface area (Å²) in [5.74, 6) is 0. The van der Waals surface area contributed by atoms with Crippen molar-refractivity contribution in [3.8, 4) is 11.1 Å². The Morgan fingerprint density at radius 3 is 2.12 bits per heavy atom. The molecule has 0 amide bonds. The topological polar surface area (TPSA) is 0 Å². The highest BCUT2D eigenvalue weighted by atomic mass is 79.9. The molecule has 128 valence electrons. The molecule has 0 saturated heterocycles. The molecule has 1 aliphatic carbocycles. The van der Waals surface area contributed by atoms with E-state index >= 15 is 0 Å². The molecule has 0 bridgehead atoms. The first-order chi connectivity index (χ1) is 11.5. The van der Waals surface area contributed by atoms with Gasteiger partial charge in [-0.3, -0.25) is 0 Å². The highest BCUT2D eigenvalue weighted by molar-refractivity contribution is 9.10. The van der Waals surface area contributed by atoms with Gasteiger partial charge in [-0.05, 0) is 59.6 Å². The van der Waals surface area contributed by atoms with Crippen molar-refractivity contribution in [1.29, 1.82) is 0 Å². The molecule has 0 spiro atoms. The van der Waals surface area contributed by atoms with Crippen molar-refractivity contribution in [3.05, 3.63) is 57.1 Å². The van der Waals surface area contributed by atoms with Gasteiger partial charge in [0.25, 0.3) is 0 Å². The lowest BCUT2D eigenvalue weighted by molar-refractivity contribution is 0.656. The van der Waals surface area contributed by atoms with E-state index in [1.165, 1.54) is 76.4 Å². The number of hydrogen-bond acceptors (Lipinski definition) is 0. The molecule has 2 aromatic carbocycles. The van der Waals surface area contributed by atoms with Gasteiger partial charge in [0.05, 0.1) is 0 Å². The average Bonchev–Trinajstić information content (AvgIpc) is 2.79. The molecule has 0 nitrogen and oxygen atoms in total. The summed E-state index contributed by atoms with van der Waals surface area (Å²) in [4.78, 5) is 0. The second-order valence-electron chi connectivity index (χ2n) is 7.71. The molecule has 0 radical (unpaired) electrons. The first-order valence-electron chi connectivity index (χ1n) is 9.45. The number of fused-ring (bicyclic) bond motifs is 3. The van der Waals surface area contributed by atoms with Crippen LogP contribution in [0.1, 0.15) is 75.6 Å². The molecule has 0 aromatic heterocycles. The van der Waals surface area contributed by atoms with E-state index in [-0.39, 0.29) is 5.41 Å². The van der Waals surface area contributed by atoms with E-state index in [9.17, 15) is 0 Å². The molecule has 2 aromatic rings. The molecule has 0 saturated carbocycles. The summed E-state index contributed by atoms with van der Waals surface area (Å²) in [7, 11) is 0. The van der Waals surface area contributed by atoms with Crippen molar-refractivity contribution in [2.45, 2.75) is 71.6 Å². The van der Waals surface area contributed by atoms with Crippen LogP contribution in [-0.4, -0.2) is 0 Å². The highest BCUT2D eigenvalue weighted by Gasteiger charge is 2.36. The van der Waals surface area contributed by atoms with Gasteiger partial charge < -0.3 is 0 Å². The Morgan fingerprint density at radius 2 is 1.46 bits per heavy atom. The van der Waals surface area contributed by atoms with Crippen LogP contribution in [0.4, 0.5) is 0 Å². The fourth-order valence-corrected chi connectivity index (χ4v) is 4.68. The van der Waals surface area contributed by atoms with Crippen LogP contribution in [-0.2, 0) is 18.3 Å². The number of halogens is 1. The zero-order valence-corrected chi connectivity index (χ0v) is 17.1. The van der Waals surface area contributed by atoms with E-state index in [1.54, 1.807) is 0 Å². The largest absolute Gasteiger partial charge is 0.0654 e. The van der Waals surface area contributed by atoms with Crippen molar-refractivity contribution in [2.24, 2.45) is 0 Å². The lowest BCUT2D eigenvalue weighted by atomic mass is 9.81. The van der Waals surface area contributed by atoms with Crippen molar-refractivity contribution in [1.82, 2.24) is 0 Å². The minimum atomic E-state index is 0.0949. The van der Waals surface area contributed by atoms with Crippen molar-refractivity contribution >= 4 is 15.9 Å². The fraction of sp³-hybridized carbons (Fsp3) is 0.478. The Labute approximate surface area is 155 Å². The summed E-state index contributed by atoms with van der Waals surface area (Å²) in [5.41, 5.74) is 8.87. The Hall–Kier alpha value is -1.08. The molecule has 0 N–H and O–H groups in total. The Balaban J connectivity index is 2.06. The third-order valence-corrected chi connectivity index (χ3v) is 6.11. The maximum Gasteiger partial charge on any atom is 0.0259 e. The molecular formula is C23H29Br. The van der Waals surface area contributed by atoms with Gasteiger partial charge in [-0.1, -0.05) is 80.7 Å². The predicted octanol–water partition coefficient (Wildman–Crippen LogP) is 7.44. The molecule has 0 fully saturated rings. The van der Waals surface area contributed by atoms with E-state index in [2.05, 4.69) is 74.0 Å². The van der Waals surface area contributed by atoms with Gasteiger partial charge in [-0.2, -0.15) is 0 Å². The first-order valence-corrected chi connectivity index (χ1v) is 10.2. The average molecular weight is 385 g/mol. The van der Waals surface area contributed by atoms with Crippen molar-refractivity contribution in [2.75, 3.05) is 0 Å². The van der Waals surface area contributed by atoms with E-state index in [0.717, 1.165) is 0 Å². The summed E-state index contributed by atoms with van der Waals surface area (Å²) in [6.45, 7) is 9.30. The van der Waals surface area contributed by atoms with Gasteiger partial charge in [0.15, 0.2) is 0 Å². The summed E-state index contributed by atoms with van der Waals surface area (Å²) < 4.78 is 1.26. The highest BCUT2D eigenvalue weighted by Crippen LogP contribution is 2.52. The summed E-state index contributed by atoms with van der Waals surface area (Å²) >= 11 is 3.87. The summed E-state index contributed by atoms with van der Waals surface area (Å²) in [6, 6.07) is 11.9. The minimum Gasteiger partial charge on any atom is -0.0654 e. The van der Waals surface area contributed by atoms with Crippen LogP contribution in [0.25, 0.3) is 11.1 Å². The number of benzene rings is 2. The first kappa shape index (κ1) is 17.7. The van der Waals surface area contributed by atoms with Gasteiger partial charge >= 0.3 is 0 Å². The summed E-state index contributed by atoms with van der Waals surface area (Å²) in [6.07, 6.45) is 7.42. The Bertz CT molecular complexity index is 740. The molecule has 24 heavy (non-hydrogen) atoms. The van der Waals surface area contributed by atoms with E-state index in [1.807, 2.05) is 0 Å². The standard InChI is InChI=1S/C23H29Br/c1-5-7-9-16-11-12-18-19(13-16)23(3,4)20-14-17(10-8-6-2)15-21(24)22(18)20/h11-15H,5-10H2,1-4H3. The maximum absolute atomic E-state index is 3.87. The van der Waals surface area contributed by atoms with Crippen LogP contribution < -0.4 is 0 Å². The van der Waals surface area contributed by atoms with E-state index in [4.69, 9.17) is 0 Å². The number of aryl methyl sites for hydroxylation is 2. The smallest absolute Gasteiger partial charge is 0.0259 e. The third-order valence-electron chi connectivity index (χ3n) is 5.49. The van der Waals surface area contributed by atoms with Crippen LogP contribution in [0, 0.1) is 0 Å². The van der Waals surface area contributed by atoms with Crippen LogP contribution in [0.5, 0.6) is 0 Å². The molecule has 3 rings (SSSR count). The lowest BCUT2D eigenvalue weighted by Crippen LogP contribution is -2.15. The molecule has 0 unspecified atom stereocenters. The number of hydrogen-bond donors (Lipinski definition) is 0. The number of unbranched alkanes of at least 4 members (excludes halogenated alkanes) is 2. The molecule has 0 aliphatic heterocycles. The molecule has 0 atom stereocenters. The predicted molar refractivity (Wildman–Crippen MR) is 109 cm³/mol. The van der Waals surface area contributed by atoms with Gasteiger partial charge in [0, 0.05) is 15.5 Å². The summed E-state index contributed by atoms with van der Waals surface area (Å²) in [5, 5.41) is 0. The number of rotatable bonds is 6. The molecule has 0 heterocycles. The van der Waals surface area contributed by atoms with Crippen LogP contribution in [0.15, 0.2) is 34.8 Å². The zero-order valence-electron chi connectivity index (χ0n) is 15.5. The quantitative estimate of drug-likeness (QED) is 0.485. The van der Waals surface area contributed by atoms with Gasteiger partial charge in [-0.15, -0.1) is 0 Å². The molecule has 1 heteroatoms. The van der Waals surface area contributed by atoms with E-state index in [0.29, 0.717) is 0 Å². The second-order valence-corrected chi connectivity index (χ2v) is 8.57. The maximum atomic E-state index is 3.87. The fourth-order valence-electron chi connectivity index (χ4n) is 3.96. The second kappa shape index (κ2) is 7.04. The normalized spacial score (nSPS) is 14.5. The van der Waals surface area contributed by atoms with Crippen molar-refractivity contribution in [3.63, 3.8) is 0 Å². The van der Waals surface area contributed by atoms with Gasteiger partial charge in [0.2, 0.25) is 0 Å². The van der Waals surface area contributed by atoms with Crippen LogP contribution in [0.3, 0.4) is 0 Å². The minimum absolute atomic E-state index is 0.0949.